The molecule has 1 fully saturated rings. The first kappa shape index (κ1) is 22.5. The predicted molar refractivity (Wildman–Crippen MR) is 123 cm³/mol. The van der Waals surface area contributed by atoms with Crippen molar-refractivity contribution < 1.29 is 18.0 Å². The topological polar surface area (TPSA) is 86.8 Å². The van der Waals surface area contributed by atoms with Gasteiger partial charge in [0.05, 0.1) is 4.90 Å². The van der Waals surface area contributed by atoms with Crippen molar-refractivity contribution in [1.82, 2.24) is 9.62 Å². The van der Waals surface area contributed by atoms with E-state index in [1.165, 1.54) is 27.3 Å². The molecule has 8 heteroatoms. The Balaban J connectivity index is 1.50. The lowest BCUT2D eigenvalue weighted by molar-refractivity contribution is -0.125. The first-order valence-electron chi connectivity index (χ1n) is 11.0. The Kier molecular flexibility index (Phi) is 6.35. The molecule has 0 radical (unpaired) electrons. The second-order valence-corrected chi connectivity index (χ2v) is 10.4. The molecule has 1 saturated heterocycles. The molecular formula is C24H29N3O4S. The molecule has 32 heavy (non-hydrogen) atoms. The number of amides is 2. The molecule has 170 valence electrons. The van der Waals surface area contributed by atoms with Crippen molar-refractivity contribution in [3.05, 3.63) is 59.2 Å². The number of rotatable bonds is 6. The van der Waals surface area contributed by atoms with E-state index in [4.69, 9.17) is 0 Å². The second kappa shape index (κ2) is 9.03. The molecule has 1 atom stereocenters. The Morgan fingerprint density at radius 1 is 1.09 bits per heavy atom. The Bertz CT molecular complexity index is 1140. The number of nitrogens with zero attached hydrogens (tertiary/aromatic N) is 2. The van der Waals surface area contributed by atoms with Crippen molar-refractivity contribution in [3.8, 4) is 0 Å². The highest BCUT2D eigenvalue weighted by Gasteiger charge is 2.38. The van der Waals surface area contributed by atoms with Crippen molar-refractivity contribution in [3.63, 3.8) is 0 Å². The van der Waals surface area contributed by atoms with Gasteiger partial charge in [-0.25, -0.2) is 8.42 Å². The van der Waals surface area contributed by atoms with Crippen LogP contribution in [0, 0.1) is 6.92 Å². The van der Waals surface area contributed by atoms with E-state index in [2.05, 4.69) is 5.32 Å². The summed E-state index contributed by atoms with van der Waals surface area (Å²) in [6.45, 7) is 5.00. The summed E-state index contributed by atoms with van der Waals surface area (Å²) >= 11 is 0. The van der Waals surface area contributed by atoms with Crippen molar-refractivity contribution in [2.45, 2.75) is 50.5 Å². The van der Waals surface area contributed by atoms with E-state index in [0.717, 1.165) is 12.8 Å². The van der Waals surface area contributed by atoms with Crippen LogP contribution in [0.4, 0.5) is 5.69 Å². The largest absolute Gasteiger partial charge is 0.354 e. The summed E-state index contributed by atoms with van der Waals surface area (Å²) in [5.74, 6) is -0.466. The van der Waals surface area contributed by atoms with E-state index in [0.29, 0.717) is 43.7 Å². The lowest BCUT2D eigenvalue weighted by Crippen LogP contribution is -2.47. The van der Waals surface area contributed by atoms with Gasteiger partial charge >= 0.3 is 0 Å². The molecular weight excluding hydrogens is 426 g/mol. The average molecular weight is 456 g/mol. The number of hydrogen-bond acceptors (Lipinski definition) is 4. The van der Waals surface area contributed by atoms with E-state index < -0.39 is 16.1 Å². The van der Waals surface area contributed by atoms with Gasteiger partial charge < -0.3 is 5.32 Å². The SMILES string of the molecule is CC(=O)N1c2ccc(S(=O)(=O)N3CCCC3)cc2CC1C(=O)NCCc1ccccc1C. The maximum absolute atomic E-state index is 13.0. The minimum absolute atomic E-state index is 0.224. The molecule has 4 rings (SSSR count). The Hall–Kier alpha value is -2.71. The minimum atomic E-state index is -3.56. The molecule has 0 bridgehead atoms. The Morgan fingerprint density at radius 2 is 1.81 bits per heavy atom. The zero-order chi connectivity index (χ0) is 22.9. The molecule has 2 aromatic rings. The standard InChI is InChI=1S/C24H29N3O4S/c1-17-7-3-4-8-19(17)11-12-25-24(29)23-16-20-15-21(9-10-22(20)27(23)18(2)28)32(30,31)26-13-5-6-14-26/h3-4,7-10,15,23H,5-6,11-14,16H2,1-2H3,(H,25,29). The van der Waals surface area contributed by atoms with Gasteiger partial charge in [0.2, 0.25) is 21.8 Å². The lowest BCUT2D eigenvalue weighted by atomic mass is 10.1. The summed E-state index contributed by atoms with van der Waals surface area (Å²) in [5, 5.41) is 2.95. The molecule has 1 unspecified atom stereocenters. The summed E-state index contributed by atoms with van der Waals surface area (Å²) < 4.78 is 27.4. The van der Waals surface area contributed by atoms with Gasteiger partial charge in [-0.05, 0) is 61.1 Å². The summed E-state index contributed by atoms with van der Waals surface area (Å²) in [5.41, 5.74) is 3.66. The highest BCUT2D eigenvalue weighted by molar-refractivity contribution is 7.89. The van der Waals surface area contributed by atoms with Gasteiger partial charge in [0.1, 0.15) is 6.04 Å². The number of hydrogen-bond donors (Lipinski definition) is 1. The molecule has 2 amide bonds. The van der Waals surface area contributed by atoms with Gasteiger partial charge in [0.15, 0.2) is 0 Å². The summed E-state index contributed by atoms with van der Waals surface area (Å²) in [6, 6.07) is 12.2. The van der Waals surface area contributed by atoms with E-state index in [1.54, 1.807) is 18.2 Å². The van der Waals surface area contributed by atoms with Crippen LogP contribution in [0.3, 0.4) is 0 Å². The van der Waals surface area contributed by atoms with E-state index in [-0.39, 0.29) is 16.7 Å². The van der Waals surface area contributed by atoms with Gasteiger partial charge in [-0.2, -0.15) is 4.31 Å². The first-order chi connectivity index (χ1) is 15.3. The van der Waals surface area contributed by atoms with E-state index in [9.17, 15) is 18.0 Å². The van der Waals surface area contributed by atoms with Crippen LogP contribution < -0.4 is 10.2 Å². The number of sulfonamides is 1. The Labute approximate surface area is 189 Å². The lowest BCUT2D eigenvalue weighted by Gasteiger charge is -2.23. The molecule has 2 aliphatic rings. The number of fused-ring (bicyclic) bond motifs is 1. The third-order valence-electron chi connectivity index (χ3n) is 6.33. The van der Waals surface area contributed by atoms with Crippen molar-refractivity contribution in [2.75, 3.05) is 24.5 Å². The molecule has 2 aliphatic heterocycles. The fraction of sp³-hybridized carbons (Fsp3) is 0.417. The van der Waals surface area contributed by atoms with Crippen LogP contribution in [0.5, 0.6) is 0 Å². The predicted octanol–water partition coefficient (Wildman–Crippen LogP) is 2.42. The summed E-state index contributed by atoms with van der Waals surface area (Å²) in [6.07, 6.45) is 2.74. The molecule has 2 heterocycles. The van der Waals surface area contributed by atoms with Gasteiger partial charge in [-0.15, -0.1) is 0 Å². The minimum Gasteiger partial charge on any atom is -0.354 e. The number of carbonyl (C=O) groups excluding carboxylic acids is 2. The molecule has 7 nitrogen and oxygen atoms in total. The van der Waals surface area contributed by atoms with Crippen LogP contribution in [0.15, 0.2) is 47.4 Å². The molecule has 0 spiro atoms. The fourth-order valence-electron chi connectivity index (χ4n) is 4.59. The fourth-order valence-corrected chi connectivity index (χ4v) is 6.16. The zero-order valence-electron chi connectivity index (χ0n) is 18.5. The van der Waals surface area contributed by atoms with Gasteiger partial charge in [-0.1, -0.05) is 24.3 Å². The number of anilines is 1. The Morgan fingerprint density at radius 3 is 2.50 bits per heavy atom. The van der Waals surface area contributed by atoms with E-state index >= 15 is 0 Å². The normalized spacial score (nSPS) is 18.6. The number of nitrogens with one attached hydrogen (secondary N) is 1. The molecule has 0 saturated carbocycles. The van der Waals surface area contributed by atoms with Crippen molar-refractivity contribution in [2.24, 2.45) is 0 Å². The third-order valence-corrected chi connectivity index (χ3v) is 8.23. The smallest absolute Gasteiger partial charge is 0.243 e. The zero-order valence-corrected chi connectivity index (χ0v) is 19.3. The van der Waals surface area contributed by atoms with Crippen LogP contribution >= 0.6 is 0 Å². The van der Waals surface area contributed by atoms with Crippen LogP contribution in [0.2, 0.25) is 0 Å². The number of carbonyl (C=O) groups is 2. The maximum atomic E-state index is 13.0. The maximum Gasteiger partial charge on any atom is 0.243 e. The van der Waals surface area contributed by atoms with Gasteiger partial charge in [0, 0.05) is 38.7 Å². The molecule has 2 aromatic carbocycles. The highest BCUT2D eigenvalue weighted by Crippen LogP contribution is 2.35. The molecule has 1 N–H and O–H groups in total. The highest BCUT2D eigenvalue weighted by atomic mass is 32.2. The van der Waals surface area contributed by atoms with Gasteiger partial charge in [0.25, 0.3) is 0 Å². The number of aryl methyl sites for hydroxylation is 1. The summed E-state index contributed by atoms with van der Waals surface area (Å²) in [7, 11) is -3.56. The van der Waals surface area contributed by atoms with Crippen LogP contribution in [-0.2, 0) is 32.5 Å². The molecule has 0 aliphatic carbocycles. The van der Waals surface area contributed by atoms with Gasteiger partial charge in [-0.3, -0.25) is 14.5 Å². The van der Waals surface area contributed by atoms with Crippen LogP contribution in [0.1, 0.15) is 36.5 Å². The van der Waals surface area contributed by atoms with E-state index in [1.807, 2.05) is 31.2 Å². The second-order valence-electron chi connectivity index (χ2n) is 8.48. The average Bonchev–Trinajstić information content (AvgIpc) is 3.43. The van der Waals surface area contributed by atoms with Crippen LogP contribution in [0.25, 0.3) is 0 Å². The summed E-state index contributed by atoms with van der Waals surface area (Å²) in [4.78, 5) is 27.0. The first-order valence-corrected chi connectivity index (χ1v) is 12.5. The monoisotopic (exact) mass is 455 g/mol. The third kappa shape index (κ3) is 4.29. The van der Waals surface area contributed by atoms with Crippen LogP contribution in [-0.4, -0.2) is 50.2 Å². The van der Waals surface area contributed by atoms with Crippen molar-refractivity contribution >= 4 is 27.5 Å². The quantitative estimate of drug-likeness (QED) is 0.725. The van der Waals surface area contributed by atoms with Crippen molar-refractivity contribution in [1.29, 1.82) is 0 Å². The molecule has 0 aromatic heterocycles. The number of benzene rings is 2.